The van der Waals surface area contributed by atoms with Crippen LogP contribution in [0.15, 0.2) is 24.3 Å². The number of halogens is 1. The van der Waals surface area contributed by atoms with Crippen LogP contribution in [0.5, 0.6) is 0 Å². The van der Waals surface area contributed by atoms with Crippen LogP contribution < -0.4 is 17.2 Å². The van der Waals surface area contributed by atoms with Crippen LogP contribution in [0.2, 0.25) is 5.02 Å². The van der Waals surface area contributed by atoms with Crippen molar-refractivity contribution in [3.63, 3.8) is 0 Å². The molecule has 0 saturated heterocycles. The fourth-order valence-electron chi connectivity index (χ4n) is 1.49. The molecule has 0 aliphatic carbocycles. The molecule has 1 aromatic carbocycles. The maximum Gasteiger partial charge on any atom is 0.152 e. The van der Waals surface area contributed by atoms with E-state index in [-0.39, 0.29) is 6.54 Å². The molecule has 0 amide bonds. The van der Waals surface area contributed by atoms with Crippen LogP contribution in [-0.2, 0) is 6.54 Å². The molecule has 2 aromatic rings. The first-order valence-corrected chi connectivity index (χ1v) is 5.10. The van der Waals surface area contributed by atoms with Crippen molar-refractivity contribution in [3.05, 3.63) is 34.9 Å². The van der Waals surface area contributed by atoms with Crippen molar-refractivity contribution >= 4 is 23.2 Å². The van der Waals surface area contributed by atoms with E-state index in [0.29, 0.717) is 22.2 Å². The third kappa shape index (κ3) is 1.70. The predicted octanol–water partition coefficient (Wildman–Crippen LogP) is 1.15. The van der Waals surface area contributed by atoms with Gasteiger partial charge < -0.3 is 17.2 Å². The summed E-state index contributed by atoms with van der Waals surface area (Å²) in [6.07, 6.45) is 0. The summed E-state index contributed by atoms with van der Waals surface area (Å²) in [4.78, 5) is 0. The van der Waals surface area contributed by atoms with E-state index in [9.17, 15) is 0 Å². The summed E-state index contributed by atoms with van der Waals surface area (Å²) in [6, 6.07) is 7.19. The van der Waals surface area contributed by atoms with Gasteiger partial charge in [0.1, 0.15) is 5.82 Å². The van der Waals surface area contributed by atoms with Crippen LogP contribution >= 0.6 is 11.6 Å². The fourth-order valence-corrected chi connectivity index (χ4v) is 1.68. The highest BCUT2D eigenvalue weighted by Crippen LogP contribution is 2.23. The van der Waals surface area contributed by atoms with Gasteiger partial charge in [-0.25, -0.2) is 4.68 Å². The minimum Gasteiger partial charge on any atom is -0.383 e. The Labute approximate surface area is 97.8 Å². The Balaban J connectivity index is 2.56. The van der Waals surface area contributed by atoms with Gasteiger partial charge in [-0.15, -0.1) is 5.10 Å². The first kappa shape index (κ1) is 10.8. The Morgan fingerprint density at radius 3 is 2.62 bits per heavy atom. The molecular formula is C10H12ClN5. The second-order valence-electron chi connectivity index (χ2n) is 3.34. The normalized spacial score (nSPS) is 10.6. The van der Waals surface area contributed by atoms with E-state index in [0.717, 1.165) is 5.69 Å². The molecule has 0 aliphatic rings. The third-order valence-corrected chi connectivity index (χ3v) is 2.55. The summed E-state index contributed by atoms with van der Waals surface area (Å²) < 4.78 is 1.53. The lowest BCUT2D eigenvalue weighted by Gasteiger charge is -2.04. The Morgan fingerprint density at radius 2 is 2.06 bits per heavy atom. The van der Waals surface area contributed by atoms with E-state index in [2.05, 4.69) is 5.10 Å². The number of nitrogens with zero attached hydrogens (tertiary/aromatic N) is 2. The van der Waals surface area contributed by atoms with Gasteiger partial charge in [-0.2, -0.15) is 0 Å². The van der Waals surface area contributed by atoms with Crippen molar-refractivity contribution in [2.45, 2.75) is 6.54 Å². The van der Waals surface area contributed by atoms with Crippen LogP contribution in [0.25, 0.3) is 5.69 Å². The molecule has 0 fully saturated rings. The van der Waals surface area contributed by atoms with E-state index in [1.807, 2.05) is 12.1 Å². The summed E-state index contributed by atoms with van der Waals surface area (Å²) in [5.74, 6) is 0.794. The average molecular weight is 238 g/mol. The summed E-state index contributed by atoms with van der Waals surface area (Å²) in [5.41, 5.74) is 18.5. The van der Waals surface area contributed by atoms with Gasteiger partial charge in [-0.1, -0.05) is 17.7 Å². The van der Waals surface area contributed by atoms with Crippen LogP contribution in [0.4, 0.5) is 11.6 Å². The Hall–Kier alpha value is -1.72. The Bertz CT molecular complexity index is 520. The van der Waals surface area contributed by atoms with Gasteiger partial charge in [-0.3, -0.25) is 0 Å². The van der Waals surface area contributed by atoms with Crippen molar-refractivity contribution in [3.8, 4) is 5.69 Å². The van der Waals surface area contributed by atoms with Crippen molar-refractivity contribution in [1.82, 2.24) is 9.78 Å². The number of aromatic nitrogens is 2. The van der Waals surface area contributed by atoms with Gasteiger partial charge in [0.2, 0.25) is 0 Å². The maximum atomic E-state index is 5.89. The standard InChI is InChI=1S/C10H12ClN5/c11-6-2-1-3-7(4-6)16-10(14)8(5-12)9(13)15-16/h1-4H,5,12,14H2,(H2,13,15). The first-order valence-electron chi connectivity index (χ1n) is 4.72. The van der Waals surface area contributed by atoms with Crippen LogP contribution in [0.3, 0.4) is 0 Å². The number of rotatable bonds is 2. The summed E-state index contributed by atoms with van der Waals surface area (Å²) >= 11 is 5.89. The highest BCUT2D eigenvalue weighted by molar-refractivity contribution is 6.30. The first-order chi connectivity index (χ1) is 7.63. The molecule has 6 N–H and O–H groups in total. The summed E-state index contributed by atoms with van der Waals surface area (Å²) in [6.45, 7) is 0.262. The highest BCUT2D eigenvalue weighted by Gasteiger charge is 2.12. The number of benzene rings is 1. The largest absolute Gasteiger partial charge is 0.383 e. The van der Waals surface area contributed by atoms with E-state index >= 15 is 0 Å². The van der Waals surface area contributed by atoms with Gasteiger partial charge in [0.15, 0.2) is 5.82 Å². The van der Waals surface area contributed by atoms with E-state index in [1.165, 1.54) is 4.68 Å². The maximum absolute atomic E-state index is 5.89. The molecule has 0 saturated carbocycles. The molecule has 5 nitrogen and oxygen atoms in total. The highest BCUT2D eigenvalue weighted by atomic mass is 35.5. The van der Waals surface area contributed by atoms with Gasteiger partial charge in [-0.05, 0) is 18.2 Å². The van der Waals surface area contributed by atoms with E-state index < -0.39 is 0 Å². The SMILES string of the molecule is NCc1c(N)nn(-c2cccc(Cl)c2)c1N. The van der Waals surface area contributed by atoms with Gasteiger partial charge in [0, 0.05) is 11.6 Å². The quantitative estimate of drug-likeness (QED) is 0.730. The molecular weight excluding hydrogens is 226 g/mol. The lowest BCUT2D eigenvalue weighted by molar-refractivity contribution is 0.896. The zero-order chi connectivity index (χ0) is 11.7. The predicted molar refractivity (Wildman–Crippen MR) is 65.3 cm³/mol. The minimum atomic E-state index is 0.262. The Kier molecular flexibility index (Phi) is 2.72. The fraction of sp³-hybridized carbons (Fsp3) is 0.100. The molecule has 0 unspecified atom stereocenters. The molecule has 16 heavy (non-hydrogen) atoms. The van der Waals surface area contributed by atoms with E-state index in [4.69, 9.17) is 28.8 Å². The number of nitrogens with two attached hydrogens (primary N) is 3. The third-order valence-electron chi connectivity index (χ3n) is 2.31. The molecule has 0 bridgehead atoms. The molecule has 0 radical (unpaired) electrons. The molecule has 84 valence electrons. The molecule has 0 atom stereocenters. The molecule has 1 heterocycles. The number of anilines is 2. The zero-order valence-corrected chi connectivity index (χ0v) is 9.28. The van der Waals surface area contributed by atoms with Gasteiger partial charge in [0.05, 0.1) is 11.3 Å². The molecule has 6 heteroatoms. The topological polar surface area (TPSA) is 95.9 Å². The van der Waals surface area contributed by atoms with Crippen molar-refractivity contribution in [2.75, 3.05) is 11.5 Å². The summed E-state index contributed by atoms with van der Waals surface area (Å²) in [7, 11) is 0. The number of nitrogen functional groups attached to an aromatic ring is 2. The van der Waals surface area contributed by atoms with E-state index in [1.54, 1.807) is 12.1 Å². The minimum absolute atomic E-state index is 0.262. The van der Waals surface area contributed by atoms with Crippen LogP contribution in [-0.4, -0.2) is 9.78 Å². The molecule has 0 aliphatic heterocycles. The van der Waals surface area contributed by atoms with Crippen LogP contribution in [0.1, 0.15) is 5.56 Å². The number of hydrogen-bond acceptors (Lipinski definition) is 4. The lowest BCUT2D eigenvalue weighted by Crippen LogP contribution is -2.05. The van der Waals surface area contributed by atoms with Crippen molar-refractivity contribution in [2.24, 2.45) is 5.73 Å². The number of hydrogen-bond donors (Lipinski definition) is 3. The summed E-state index contributed by atoms with van der Waals surface area (Å²) in [5, 5.41) is 4.73. The monoisotopic (exact) mass is 237 g/mol. The molecule has 1 aromatic heterocycles. The average Bonchev–Trinajstić information content (AvgIpc) is 2.54. The molecule has 2 rings (SSSR count). The molecule has 0 spiro atoms. The van der Waals surface area contributed by atoms with Crippen LogP contribution in [0, 0.1) is 0 Å². The van der Waals surface area contributed by atoms with Gasteiger partial charge >= 0.3 is 0 Å². The lowest BCUT2D eigenvalue weighted by atomic mass is 10.3. The second-order valence-corrected chi connectivity index (χ2v) is 3.78. The van der Waals surface area contributed by atoms with Gasteiger partial charge in [0.25, 0.3) is 0 Å². The second kappa shape index (κ2) is 4.03. The smallest absolute Gasteiger partial charge is 0.152 e. The zero-order valence-electron chi connectivity index (χ0n) is 8.52. The van der Waals surface area contributed by atoms with Crippen molar-refractivity contribution < 1.29 is 0 Å². The van der Waals surface area contributed by atoms with Crippen molar-refractivity contribution in [1.29, 1.82) is 0 Å². The Morgan fingerprint density at radius 1 is 1.31 bits per heavy atom.